The second kappa shape index (κ2) is 7.64. The first-order valence-corrected chi connectivity index (χ1v) is 9.08. The zero-order valence-electron chi connectivity index (χ0n) is 13.8. The minimum Gasteiger partial charge on any atom is -0.368 e. The molecule has 0 bridgehead atoms. The minimum absolute atomic E-state index is 0.612. The van der Waals surface area contributed by atoms with E-state index in [0.717, 1.165) is 24.9 Å². The predicted molar refractivity (Wildman–Crippen MR) is 95.9 cm³/mol. The molecule has 1 saturated heterocycles. The first-order valence-electron chi connectivity index (χ1n) is 8.28. The summed E-state index contributed by atoms with van der Waals surface area (Å²) in [5.74, 6) is 1.52. The highest BCUT2D eigenvalue weighted by Crippen LogP contribution is 2.34. The van der Waals surface area contributed by atoms with Crippen molar-refractivity contribution in [2.45, 2.75) is 53.1 Å². The maximum absolute atomic E-state index is 3.65. The maximum atomic E-state index is 3.65. The van der Waals surface area contributed by atoms with Crippen LogP contribution in [0.2, 0.25) is 0 Å². The Morgan fingerprint density at radius 3 is 2.76 bits per heavy atom. The van der Waals surface area contributed by atoms with Crippen LogP contribution in [-0.4, -0.2) is 19.1 Å². The molecule has 3 unspecified atom stereocenters. The quantitative estimate of drug-likeness (QED) is 0.764. The van der Waals surface area contributed by atoms with E-state index in [4.69, 9.17) is 0 Å². The summed E-state index contributed by atoms with van der Waals surface area (Å²) in [5, 5.41) is 3.55. The zero-order chi connectivity index (χ0) is 15.4. The maximum Gasteiger partial charge on any atom is 0.0425 e. The molecule has 0 aliphatic carbocycles. The predicted octanol–water partition coefficient (Wildman–Crippen LogP) is 4.82. The minimum atomic E-state index is 0.612. The third-order valence-electron chi connectivity index (χ3n) is 4.70. The fraction of sp³-hybridized carbons (Fsp3) is 0.667. The summed E-state index contributed by atoms with van der Waals surface area (Å²) in [5.41, 5.74) is 2.82. The second-order valence-electron chi connectivity index (χ2n) is 6.66. The van der Waals surface area contributed by atoms with Crippen molar-refractivity contribution >= 4 is 21.6 Å². The Hall–Kier alpha value is -0.540. The van der Waals surface area contributed by atoms with Gasteiger partial charge in [-0.3, -0.25) is 0 Å². The van der Waals surface area contributed by atoms with Crippen molar-refractivity contribution in [2.75, 3.05) is 18.0 Å². The fourth-order valence-corrected chi connectivity index (χ4v) is 3.74. The fourth-order valence-electron chi connectivity index (χ4n) is 3.39. The van der Waals surface area contributed by atoms with Crippen LogP contribution in [0.15, 0.2) is 22.7 Å². The first-order chi connectivity index (χ1) is 10.0. The molecule has 1 aromatic rings. The lowest BCUT2D eigenvalue weighted by Gasteiger charge is -2.43. The van der Waals surface area contributed by atoms with E-state index in [9.17, 15) is 0 Å². The van der Waals surface area contributed by atoms with Crippen LogP contribution in [0, 0.1) is 11.8 Å². The van der Waals surface area contributed by atoms with Crippen molar-refractivity contribution in [3.8, 4) is 0 Å². The van der Waals surface area contributed by atoms with Gasteiger partial charge in [-0.25, -0.2) is 0 Å². The molecule has 0 spiro atoms. The molecule has 118 valence electrons. The number of nitrogens with one attached hydrogen (secondary N) is 1. The second-order valence-corrected chi connectivity index (χ2v) is 7.58. The summed E-state index contributed by atoms with van der Waals surface area (Å²) < 4.78 is 1.18. The highest BCUT2D eigenvalue weighted by molar-refractivity contribution is 9.10. The van der Waals surface area contributed by atoms with Crippen molar-refractivity contribution in [2.24, 2.45) is 11.8 Å². The third-order valence-corrected chi connectivity index (χ3v) is 5.19. The smallest absolute Gasteiger partial charge is 0.0425 e. The number of anilines is 1. The summed E-state index contributed by atoms with van der Waals surface area (Å²) in [7, 11) is 0. The van der Waals surface area contributed by atoms with Gasteiger partial charge in [-0.05, 0) is 55.8 Å². The van der Waals surface area contributed by atoms with Gasteiger partial charge in [-0.1, -0.05) is 42.8 Å². The topological polar surface area (TPSA) is 15.3 Å². The van der Waals surface area contributed by atoms with Crippen LogP contribution >= 0.6 is 15.9 Å². The number of benzene rings is 1. The lowest BCUT2D eigenvalue weighted by atomic mass is 9.85. The molecule has 21 heavy (non-hydrogen) atoms. The molecule has 3 heteroatoms. The Bertz CT molecular complexity index is 461. The van der Waals surface area contributed by atoms with Crippen LogP contribution in [0.25, 0.3) is 0 Å². The number of hydrogen-bond acceptors (Lipinski definition) is 2. The van der Waals surface area contributed by atoms with Gasteiger partial charge in [0.1, 0.15) is 0 Å². The van der Waals surface area contributed by atoms with Crippen LogP contribution in [-0.2, 0) is 6.54 Å². The molecular weight excluding hydrogens is 324 g/mol. The molecule has 1 aromatic carbocycles. The van der Waals surface area contributed by atoms with Crippen molar-refractivity contribution in [1.82, 2.24) is 5.32 Å². The van der Waals surface area contributed by atoms with Gasteiger partial charge >= 0.3 is 0 Å². The average Bonchev–Trinajstić information content (AvgIpc) is 2.44. The Balaban J connectivity index is 2.25. The van der Waals surface area contributed by atoms with Crippen molar-refractivity contribution in [3.63, 3.8) is 0 Å². The summed E-state index contributed by atoms with van der Waals surface area (Å²) in [6.45, 7) is 12.6. The molecular formula is C18H29BrN2. The van der Waals surface area contributed by atoms with E-state index in [1.807, 2.05) is 0 Å². The monoisotopic (exact) mass is 352 g/mol. The van der Waals surface area contributed by atoms with E-state index in [-0.39, 0.29) is 0 Å². The molecule has 0 saturated carbocycles. The Labute approximate surface area is 138 Å². The molecule has 1 N–H and O–H groups in total. The zero-order valence-corrected chi connectivity index (χ0v) is 15.4. The van der Waals surface area contributed by atoms with Crippen molar-refractivity contribution in [1.29, 1.82) is 0 Å². The van der Waals surface area contributed by atoms with Gasteiger partial charge in [-0.15, -0.1) is 0 Å². The Morgan fingerprint density at radius 1 is 1.29 bits per heavy atom. The molecule has 0 radical (unpaired) electrons. The SMILES string of the molecule is CCCNCc1ccc(Br)cc1N1CC(C)CC(C)C1C. The molecule has 3 atom stereocenters. The van der Waals surface area contributed by atoms with Gasteiger partial charge in [0.2, 0.25) is 0 Å². The normalized spacial score (nSPS) is 26.1. The standard InChI is InChI=1S/C18H29BrN2/c1-5-8-20-11-16-6-7-17(19)10-18(16)21-12-13(2)9-14(3)15(21)4/h6-7,10,13-15,20H,5,8-9,11-12H2,1-4H3. The summed E-state index contributed by atoms with van der Waals surface area (Å²) in [6.07, 6.45) is 2.52. The molecule has 1 aliphatic rings. The van der Waals surface area contributed by atoms with Crippen molar-refractivity contribution in [3.05, 3.63) is 28.2 Å². The molecule has 0 amide bonds. The van der Waals surface area contributed by atoms with Gasteiger partial charge in [0.05, 0.1) is 0 Å². The highest BCUT2D eigenvalue weighted by atomic mass is 79.9. The van der Waals surface area contributed by atoms with Crippen LogP contribution in [0.3, 0.4) is 0 Å². The number of rotatable bonds is 5. The van der Waals surface area contributed by atoms with E-state index in [2.05, 4.69) is 72.0 Å². The van der Waals surface area contributed by atoms with Crippen LogP contribution < -0.4 is 10.2 Å². The number of halogens is 1. The van der Waals surface area contributed by atoms with E-state index >= 15 is 0 Å². The van der Waals surface area contributed by atoms with Crippen LogP contribution in [0.4, 0.5) is 5.69 Å². The Morgan fingerprint density at radius 2 is 2.05 bits per heavy atom. The van der Waals surface area contributed by atoms with Gasteiger partial charge in [0.15, 0.2) is 0 Å². The number of hydrogen-bond donors (Lipinski definition) is 1. The van der Waals surface area contributed by atoms with E-state index in [0.29, 0.717) is 6.04 Å². The lowest BCUT2D eigenvalue weighted by molar-refractivity contribution is 0.296. The van der Waals surface area contributed by atoms with E-state index < -0.39 is 0 Å². The summed E-state index contributed by atoms with van der Waals surface area (Å²) in [6, 6.07) is 7.33. The lowest BCUT2D eigenvalue weighted by Crippen LogP contribution is -2.46. The Kier molecular flexibility index (Phi) is 6.12. The van der Waals surface area contributed by atoms with E-state index in [1.165, 1.54) is 35.1 Å². The number of piperidine rings is 1. The molecule has 1 fully saturated rings. The van der Waals surface area contributed by atoms with Crippen LogP contribution in [0.1, 0.15) is 46.1 Å². The van der Waals surface area contributed by atoms with E-state index in [1.54, 1.807) is 0 Å². The van der Waals surface area contributed by atoms with Gasteiger partial charge < -0.3 is 10.2 Å². The largest absolute Gasteiger partial charge is 0.368 e. The van der Waals surface area contributed by atoms with Crippen LogP contribution in [0.5, 0.6) is 0 Å². The third kappa shape index (κ3) is 4.23. The van der Waals surface area contributed by atoms with Gasteiger partial charge in [0, 0.05) is 29.3 Å². The van der Waals surface area contributed by atoms with Gasteiger partial charge in [-0.2, -0.15) is 0 Å². The average molecular weight is 353 g/mol. The van der Waals surface area contributed by atoms with Crippen molar-refractivity contribution < 1.29 is 0 Å². The molecule has 0 aromatic heterocycles. The van der Waals surface area contributed by atoms with Gasteiger partial charge in [0.25, 0.3) is 0 Å². The molecule has 2 rings (SSSR count). The molecule has 1 heterocycles. The summed E-state index contributed by atoms with van der Waals surface area (Å²) >= 11 is 3.65. The summed E-state index contributed by atoms with van der Waals surface area (Å²) in [4.78, 5) is 2.62. The molecule has 1 aliphatic heterocycles. The number of nitrogens with zero attached hydrogens (tertiary/aromatic N) is 1. The molecule has 2 nitrogen and oxygen atoms in total. The highest BCUT2D eigenvalue weighted by Gasteiger charge is 2.29. The first kappa shape index (κ1) is 16.8.